The van der Waals surface area contributed by atoms with Crippen LogP contribution in [0.4, 0.5) is 0 Å². The van der Waals surface area contributed by atoms with E-state index in [9.17, 15) is 9.59 Å². The quantitative estimate of drug-likeness (QED) is 0.775. The lowest BCUT2D eigenvalue weighted by molar-refractivity contribution is -0.122. The van der Waals surface area contributed by atoms with Gasteiger partial charge < -0.3 is 10.1 Å². The van der Waals surface area contributed by atoms with Crippen LogP contribution in [-0.4, -0.2) is 43.3 Å². The lowest BCUT2D eigenvalue weighted by Gasteiger charge is -2.18. The molecule has 5 heteroatoms. The Morgan fingerprint density at radius 3 is 2.67 bits per heavy atom. The molecule has 0 aromatic heterocycles. The molecule has 1 aromatic rings. The number of methoxy groups -OCH3 is 1. The number of likely N-dealkylation sites (N-methyl/N-ethyl adjacent to an activating group) is 1. The van der Waals surface area contributed by atoms with Gasteiger partial charge in [-0.3, -0.25) is 14.5 Å². The van der Waals surface area contributed by atoms with E-state index < -0.39 is 0 Å². The van der Waals surface area contributed by atoms with Gasteiger partial charge in [-0.1, -0.05) is 0 Å². The first-order valence-electron chi connectivity index (χ1n) is 7.15. The van der Waals surface area contributed by atoms with Crippen molar-refractivity contribution in [1.82, 2.24) is 10.2 Å². The van der Waals surface area contributed by atoms with Crippen molar-refractivity contribution >= 4 is 11.7 Å². The molecule has 2 rings (SSSR count). The van der Waals surface area contributed by atoms with Crippen molar-refractivity contribution in [3.8, 4) is 5.75 Å². The van der Waals surface area contributed by atoms with Crippen LogP contribution in [0.5, 0.6) is 5.75 Å². The lowest BCUT2D eigenvalue weighted by Crippen LogP contribution is -2.36. The fourth-order valence-corrected chi connectivity index (χ4v) is 2.21. The minimum atomic E-state index is 0.0213. The number of benzene rings is 1. The largest absolute Gasteiger partial charge is 0.496 e. The van der Waals surface area contributed by atoms with E-state index in [1.807, 2.05) is 18.0 Å². The number of amides is 1. The monoisotopic (exact) mass is 290 g/mol. The van der Waals surface area contributed by atoms with Crippen molar-refractivity contribution in [2.75, 3.05) is 20.7 Å². The maximum Gasteiger partial charge on any atom is 0.234 e. The number of Topliss-reactive ketones (excluding diaryl/α,β-unsaturated/α-hetero) is 1. The van der Waals surface area contributed by atoms with Gasteiger partial charge in [0.05, 0.1) is 13.7 Å². The fourth-order valence-electron chi connectivity index (χ4n) is 2.21. The van der Waals surface area contributed by atoms with Crippen LogP contribution in [-0.2, 0) is 11.3 Å². The number of nitrogens with zero attached hydrogens (tertiary/aromatic N) is 1. The molecule has 114 valence electrons. The highest BCUT2D eigenvalue weighted by Gasteiger charge is 2.23. The van der Waals surface area contributed by atoms with Crippen LogP contribution in [0.1, 0.15) is 35.7 Å². The van der Waals surface area contributed by atoms with Gasteiger partial charge in [-0.2, -0.15) is 0 Å². The highest BCUT2D eigenvalue weighted by Crippen LogP contribution is 2.22. The van der Waals surface area contributed by atoms with Crippen molar-refractivity contribution in [3.63, 3.8) is 0 Å². The lowest BCUT2D eigenvalue weighted by atomic mass is 10.1. The second-order valence-corrected chi connectivity index (χ2v) is 5.60. The molecule has 0 unspecified atom stereocenters. The van der Waals surface area contributed by atoms with Crippen molar-refractivity contribution < 1.29 is 14.3 Å². The van der Waals surface area contributed by atoms with Crippen molar-refractivity contribution in [2.45, 2.75) is 32.4 Å². The number of carbonyl (C=O) groups excluding carboxylic acids is 2. The summed E-state index contributed by atoms with van der Waals surface area (Å²) < 4.78 is 5.32. The van der Waals surface area contributed by atoms with Crippen LogP contribution in [0, 0.1) is 0 Å². The molecular weight excluding hydrogens is 268 g/mol. The molecule has 0 heterocycles. The molecule has 1 aliphatic rings. The molecule has 1 N–H and O–H groups in total. The first-order valence-corrected chi connectivity index (χ1v) is 7.15. The van der Waals surface area contributed by atoms with Crippen LogP contribution in [0.2, 0.25) is 0 Å². The Kier molecular flexibility index (Phi) is 4.96. The molecule has 1 aliphatic carbocycles. The highest BCUT2D eigenvalue weighted by molar-refractivity contribution is 5.94. The van der Waals surface area contributed by atoms with Gasteiger partial charge in [0.25, 0.3) is 0 Å². The van der Waals surface area contributed by atoms with Crippen LogP contribution >= 0.6 is 0 Å². The molecule has 0 atom stereocenters. The fraction of sp³-hybridized carbons (Fsp3) is 0.500. The third-order valence-electron chi connectivity index (χ3n) is 3.48. The number of hydrogen-bond donors (Lipinski definition) is 1. The van der Waals surface area contributed by atoms with Gasteiger partial charge in [-0.15, -0.1) is 0 Å². The molecule has 0 saturated heterocycles. The van der Waals surface area contributed by atoms with Crippen molar-refractivity contribution in [3.05, 3.63) is 29.3 Å². The molecule has 0 radical (unpaired) electrons. The zero-order valence-electron chi connectivity index (χ0n) is 12.8. The summed E-state index contributed by atoms with van der Waals surface area (Å²) in [5, 5.41) is 2.96. The van der Waals surface area contributed by atoms with E-state index in [1.165, 1.54) is 0 Å². The third-order valence-corrected chi connectivity index (χ3v) is 3.48. The summed E-state index contributed by atoms with van der Waals surface area (Å²) in [5.41, 5.74) is 1.56. The Morgan fingerprint density at radius 2 is 2.10 bits per heavy atom. The molecule has 1 amide bonds. The summed E-state index contributed by atoms with van der Waals surface area (Å²) in [4.78, 5) is 25.2. The average molecular weight is 290 g/mol. The average Bonchev–Trinajstić information content (AvgIpc) is 3.21. The first-order chi connectivity index (χ1) is 9.99. The standard InChI is InChI=1S/C16H22N2O3/c1-11(19)12-4-7-15(21-3)13(8-12)9-18(2)10-16(20)17-14-5-6-14/h4,7-8,14H,5-6,9-10H2,1-3H3,(H,17,20). The van der Waals surface area contributed by atoms with Gasteiger partial charge in [-0.05, 0) is 45.0 Å². The zero-order chi connectivity index (χ0) is 15.4. The summed E-state index contributed by atoms with van der Waals surface area (Å²) in [6.45, 7) is 2.44. The van der Waals surface area contributed by atoms with E-state index in [2.05, 4.69) is 5.32 Å². The highest BCUT2D eigenvalue weighted by atomic mass is 16.5. The SMILES string of the molecule is COc1ccc(C(C)=O)cc1CN(C)CC(=O)NC1CC1. The zero-order valence-corrected chi connectivity index (χ0v) is 12.8. The van der Waals surface area contributed by atoms with Gasteiger partial charge in [0, 0.05) is 23.7 Å². The van der Waals surface area contributed by atoms with Crippen LogP contribution in [0.25, 0.3) is 0 Å². The molecule has 5 nitrogen and oxygen atoms in total. The smallest absolute Gasteiger partial charge is 0.234 e. The first kappa shape index (κ1) is 15.5. The predicted octanol–water partition coefficient (Wildman–Crippen LogP) is 1.61. The van der Waals surface area contributed by atoms with E-state index >= 15 is 0 Å². The molecule has 0 aliphatic heterocycles. The molecule has 1 aromatic carbocycles. The predicted molar refractivity (Wildman–Crippen MR) is 80.5 cm³/mol. The van der Waals surface area contributed by atoms with Gasteiger partial charge >= 0.3 is 0 Å². The molecule has 0 spiro atoms. The van der Waals surface area contributed by atoms with E-state index in [4.69, 9.17) is 4.74 Å². The minimum absolute atomic E-state index is 0.0213. The number of ether oxygens (including phenoxy) is 1. The van der Waals surface area contributed by atoms with E-state index in [-0.39, 0.29) is 11.7 Å². The molecule has 1 saturated carbocycles. The van der Waals surface area contributed by atoms with Gasteiger partial charge in [0.1, 0.15) is 5.75 Å². The number of hydrogen-bond acceptors (Lipinski definition) is 4. The second kappa shape index (κ2) is 6.72. The minimum Gasteiger partial charge on any atom is -0.496 e. The molecule has 21 heavy (non-hydrogen) atoms. The Morgan fingerprint density at radius 1 is 1.38 bits per heavy atom. The molecule has 1 fully saturated rings. The number of carbonyl (C=O) groups is 2. The Labute approximate surface area is 125 Å². The van der Waals surface area contributed by atoms with E-state index in [1.54, 1.807) is 26.2 Å². The summed E-state index contributed by atoms with van der Waals surface area (Å²) in [6, 6.07) is 5.76. The summed E-state index contributed by atoms with van der Waals surface area (Å²) in [6.07, 6.45) is 2.17. The maximum atomic E-state index is 11.8. The maximum absolute atomic E-state index is 11.8. The van der Waals surface area contributed by atoms with Crippen LogP contribution in [0.15, 0.2) is 18.2 Å². The third kappa shape index (κ3) is 4.56. The second-order valence-electron chi connectivity index (χ2n) is 5.60. The van der Waals surface area contributed by atoms with Crippen LogP contribution in [0.3, 0.4) is 0 Å². The van der Waals surface area contributed by atoms with Gasteiger partial charge in [-0.25, -0.2) is 0 Å². The summed E-state index contributed by atoms with van der Waals surface area (Å²) in [7, 11) is 3.48. The summed E-state index contributed by atoms with van der Waals surface area (Å²) in [5.74, 6) is 0.796. The summed E-state index contributed by atoms with van der Waals surface area (Å²) >= 11 is 0. The number of rotatable bonds is 7. The van der Waals surface area contributed by atoms with Gasteiger partial charge in [0.2, 0.25) is 5.91 Å². The van der Waals surface area contributed by atoms with Crippen LogP contribution < -0.4 is 10.1 Å². The van der Waals surface area contributed by atoms with Gasteiger partial charge in [0.15, 0.2) is 5.78 Å². The van der Waals surface area contributed by atoms with E-state index in [0.717, 1.165) is 24.2 Å². The Hall–Kier alpha value is -1.88. The normalized spacial score (nSPS) is 14.1. The Bertz CT molecular complexity index is 538. The molecule has 0 bridgehead atoms. The topological polar surface area (TPSA) is 58.6 Å². The number of nitrogens with one attached hydrogen (secondary N) is 1. The molecular formula is C16H22N2O3. The number of ketones is 1. The van der Waals surface area contributed by atoms with Crippen molar-refractivity contribution in [2.24, 2.45) is 0 Å². The van der Waals surface area contributed by atoms with E-state index in [0.29, 0.717) is 24.7 Å². The van der Waals surface area contributed by atoms with Crippen molar-refractivity contribution in [1.29, 1.82) is 0 Å². The Balaban J connectivity index is 2.00.